The smallest absolute Gasteiger partial charge is 0.0623 e. The minimum Gasteiger partial charge on any atom is -0.379 e. The van der Waals surface area contributed by atoms with E-state index in [-0.39, 0.29) is 17.1 Å². The molecule has 114 valence electrons. The standard InChI is InChI=1S/C17H30N2O/c1-16(2,3)14-9-7-13(8-10-14)15(19-18)11-12-17(4,5)20-6/h7-10,15,19H,11-12,18H2,1-6H3. The molecule has 0 saturated carbocycles. The fourth-order valence-corrected chi connectivity index (χ4v) is 2.16. The highest BCUT2D eigenvalue weighted by Gasteiger charge is 2.20. The Kier molecular flexibility index (Phi) is 5.75. The molecule has 1 atom stereocenters. The first-order chi connectivity index (χ1) is 9.19. The van der Waals surface area contributed by atoms with Crippen LogP contribution < -0.4 is 11.3 Å². The van der Waals surface area contributed by atoms with Gasteiger partial charge in [-0.1, -0.05) is 45.0 Å². The Balaban J connectivity index is 2.76. The molecule has 0 radical (unpaired) electrons. The maximum absolute atomic E-state index is 5.71. The Hall–Kier alpha value is -0.900. The number of nitrogens with two attached hydrogens (primary N) is 1. The molecule has 1 rings (SSSR count). The average Bonchev–Trinajstić information content (AvgIpc) is 2.39. The van der Waals surface area contributed by atoms with Crippen LogP contribution in [0.15, 0.2) is 24.3 Å². The van der Waals surface area contributed by atoms with Crippen LogP contribution in [0.3, 0.4) is 0 Å². The predicted molar refractivity (Wildman–Crippen MR) is 85.5 cm³/mol. The number of nitrogens with one attached hydrogen (secondary N) is 1. The lowest BCUT2D eigenvalue weighted by Gasteiger charge is -2.26. The van der Waals surface area contributed by atoms with Crippen LogP contribution in [-0.2, 0) is 10.2 Å². The molecule has 0 aliphatic carbocycles. The number of ether oxygens (including phenoxy) is 1. The van der Waals surface area contributed by atoms with Crippen LogP contribution in [0.1, 0.15) is 64.6 Å². The molecule has 0 aromatic heterocycles. The van der Waals surface area contributed by atoms with E-state index >= 15 is 0 Å². The van der Waals surface area contributed by atoms with E-state index in [2.05, 4.69) is 64.3 Å². The quantitative estimate of drug-likeness (QED) is 0.616. The molecule has 20 heavy (non-hydrogen) atoms. The highest BCUT2D eigenvalue weighted by Crippen LogP contribution is 2.27. The monoisotopic (exact) mass is 278 g/mol. The van der Waals surface area contributed by atoms with Crippen molar-refractivity contribution in [3.8, 4) is 0 Å². The second kappa shape index (κ2) is 6.70. The summed E-state index contributed by atoms with van der Waals surface area (Å²) in [5.74, 6) is 5.71. The van der Waals surface area contributed by atoms with Gasteiger partial charge in [0.2, 0.25) is 0 Å². The van der Waals surface area contributed by atoms with E-state index in [1.54, 1.807) is 7.11 Å². The Morgan fingerprint density at radius 2 is 1.65 bits per heavy atom. The topological polar surface area (TPSA) is 47.3 Å². The molecule has 0 spiro atoms. The van der Waals surface area contributed by atoms with Gasteiger partial charge in [-0.25, -0.2) is 0 Å². The minimum atomic E-state index is -0.111. The van der Waals surface area contributed by atoms with Crippen molar-refractivity contribution in [2.24, 2.45) is 5.84 Å². The summed E-state index contributed by atoms with van der Waals surface area (Å²) in [4.78, 5) is 0. The van der Waals surface area contributed by atoms with Gasteiger partial charge in [0.25, 0.3) is 0 Å². The van der Waals surface area contributed by atoms with Crippen LogP contribution in [0.4, 0.5) is 0 Å². The fourth-order valence-electron chi connectivity index (χ4n) is 2.16. The second-order valence-electron chi connectivity index (χ2n) is 7.09. The predicted octanol–water partition coefficient (Wildman–Crippen LogP) is 3.69. The number of rotatable bonds is 6. The first-order valence-electron chi connectivity index (χ1n) is 7.31. The summed E-state index contributed by atoms with van der Waals surface area (Å²) in [7, 11) is 1.75. The van der Waals surface area contributed by atoms with Gasteiger partial charge in [-0.2, -0.15) is 0 Å². The van der Waals surface area contributed by atoms with Crippen molar-refractivity contribution >= 4 is 0 Å². The van der Waals surface area contributed by atoms with Crippen molar-refractivity contribution in [1.29, 1.82) is 0 Å². The van der Waals surface area contributed by atoms with Crippen molar-refractivity contribution < 1.29 is 4.74 Å². The third-order valence-corrected chi connectivity index (χ3v) is 3.97. The molecule has 0 bridgehead atoms. The van der Waals surface area contributed by atoms with Gasteiger partial charge in [0.15, 0.2) is 0 Å². The largest absolute Gasteiger partial charge is 0.379 e. The van der Waals surface area contributed by atoms with Gasteiger partial charge in [-0.3, -0.25) is 11.3 Å². The second-order valence-corrected chi connectivity index (χ2v) is 7.09. The molecular weight excluding hydrogens is 248 g/mol. The van der Waals surface area contributed by atoms with Gasteiger partial charge in [0, 0.05) is 13.2 Å². The van der Waals surface area contributed by atoms with Crippen molar-refractivity contribution in [2.45, 2.75) is 64.5 Å². The zero-order chi connectivity index (χ0) is 15.4. The highest BCUT2D eigenvalue weighted by atomic mass is 16.5. The van der Waals surface area contributed by atoms with Gasteiger partial charge in [-0.05, 0) is 43.2 Å². The molecule has 1 aromatic carbocycles. The molecule has 3 N–H and O–H groups in total. The first kappa shape index (κ1) is 17.2. The van der Waals surface area contributed by atoms with E-state index in [0.29, 0.717) is 0 Å². The lowest BCUT2D eigenvalue weighted by Crippen LogP contribution is -2.31. The SMILES string of the molecule is COC(C)(C)CCC(NN)c1ccc(C(C)(C)C)cc1. The minimum absolute atomic E-state index is 0.111. The van der Waals surface area contributed by atoms with E-state index in [1.165, 1.54) is 11.1 Å². The molecule has 0 aliphatic heterocycles. The Morgan fingerprint density at radius 3 is 2.05 bits per heavy atom. The molecule has 0 fully saturated rings. The van der Waals surface area contributed by atoms with Gasteiger partial charge in [0.1, 0.15) is 0 Å². The van der Waals surface area contributed by atoms with E-state index in [4.69, 9.17) is 10.6 Å². The van der Waals surface area contributed by atoms with Crippen LogP contribution in [0.5, 0.6) is 0 Å². The van der Waals surface area contributed by atoms with Crippen LogP contribution in [0.25, 0.3) is 0 Å². The normalized spacial score (nSPS) is 14.3. The van der Waals surface area contributed by atoms with Gasteiger partial charge in [-0.15, -0.1) is 0 Å². The molecular formula is C17H30N2O. The van der Waals surface area contributed by atoms with Crippen LogP contribution >= 0.6 is 0 Å². The Morgan fingerprint density at radius 1 is 1.10 bits per heavy atom. The number of methoxy groups -OCH3 is 1. The van der Waals surface area contributed by atoms with Crippen LogP contribution in [0.2, 0.25) is 0 Å². The van der Waals surface area contributed by atoms with Gasteiger partial charge in [0.05, 0.1) is 5.60 Å². The Bertz CT molecular complexity index is 404. The molecule has 0 aliphatic rings. The van der Waals surface area contributed by atoms with Crippen LogP contribution in [-0.4, -0.2) is 12.7 Å². The molecule has 1 aromatic rings. The molecule has 0 saturated heterocycles. The lowest BCUT2D eigenvalue weighted by atomic mass is 9.86. The summed E-state index contributed by atoms with van der Waals surface area (Å²) in [6.07, 6.45) is 1.91. The Labute approximate surface area is 123 Å². The third kappa shape index (κ3) is 4.89. The van der Waals surface area contributed by atoms with Crippen molar-refractivity contribution in [3.63, 3.8) is 0 Å². The number of benzene rings is 1. The first-order valence-corrected chi connectivity index (χ1v) is 7.31. The number of hydrogen-bond acceptors (Lipinski definition) is 3. The fraction of sp³-hybridized carbons (Fsp3) is 0.647. The number of hydrogen-bond donors (Lipinski definition) is 2. The van der Waals surface area contributed by atoms with E-state index < -0.39 is 0 Å². The summed E-state index contributed by atoms with van der Waals surface area (Å²) in [5.41, 5.74) is 5.56. The zero-order valence-corrected chi connectivity index (χ0v) is 13.8. The summed E-state index contributed by atoms with van der Waals surface area (Å²) >= 11 is 0. The highest BCUT2D eigenvalue weighted by molar-refractivity contribution is 5.29. The molecule has 0 heterocycles. The summed E-state index contributed by atoms with van der Waals surface area (Å²) in [5, 5.41) is 0. The maximum atomic E-state index is 5.71. The van der Waals surface area contributed by atoms with Gasteiger partial charge < -0.3 is 4.74 Å². The van der Waals surface area contributed by atoms with Crippen LogP contribution in [0, 0.1) is 0 Å². The maximum Gasteiger partial charge on any atom is 0.0623 e. The third-order valence-electron chi connectivity index (χ3n) is 3.97. The van der Waals surface area contributed by atoms with E-state index in [9.17, 15) is 0 Å². The van der Waals surface area contributed by atoms with E-state index in [1.807, 2.05) is 0 Å². The van der Waals surface area contributed by atoms with Gasteiger partial charge >= 0.3 is 0 Å². The molecule has 3 nitrogen and oxygen atoms in total. The molecule has 3 heteroatoms. The van der Waals surface area contributed by atoms with Crippen molar-refractivity contribution in [1.82, 2.24) is 5.43 Å². The lowest BCUT2D eigenvalue weighted by molar-refractivity contribution is 0.0117. The van der Waals surface area contributed by atoms with Crippen molar-refractivity contribution in [2.75, 3.05) is 7.11 Å². The average molecular weight is 278 g/mol. The summed E-state index contributed by atoms with van der Waals surface area (Å²) in [6.45, 7) is 10.9. The number of hydrazine groups is 1. The zero-order valence-electron chi connectivity index (χ0n) is 13.8. The molecule has 0 amide bonds. The summed E-state index contributed by atoms with van der Waals surface area (Å²) in [6, 6.07) is 8.90. The van der Waals surface area contributed by atoms with Crippen molar-refractivity contribution in [3.05, 3.63) is 35.4 Å². The van der Waals surface area contributed by atoms with E-state index in [0.717, 1.165) is 12.8 Å². The summed E-state index contributed by atoms with van der Waals surface area (Å²) < 4.78 is 5.46. The molecule has 1 unspecified atom stereocenters.